The van der Waals surface area contributed by atoms with Crippen LogP contribution in [-0.4, -0.2) is 49.1 Å². The van der Waals surface area contributed by atoms with Gasteiger partial charge in [-0.15, -0.1) is 0 Å². The number of aryl methyl sites for hydroxylation is 1. The van der Waals surface area contributed by atoms with Crippen molar-refractivity contribution in [1.29, 1.82) is 0 Å². The van der Waals surface area contributed by atoms with Crippen LogP contribution in [0.4, 0.5) is 5.69 Å². The molecule has 6 rings (SSSR count). The van der Waals surface area contributed by atoms with Gasteiger partial charge in [0.15, 0.2) is 5.69 Å². The first-order valence-electron chi connectivity index (χ1n) is 12.4. The van der Waals surface area contributed by atoms with E-state index < -0.39 is 5.97 Å². The Labute approximate surface area is 214 Å². The number of rotatable bonds is 5. The summed E-state index contributed by atoms with van der Waals surface area (Å²) in [7, 11) is 0. The van der Waals surface area contributed by atoms with Crippen molar-refractivity contribution >= 4 is 22.6 Å². The Morgan fingerprint density at radius 1 is 0.919 bits per heavy atom. The summed E-state index contributed by atoms with van der Waals surface area (Å²) < 4.78 is 0. The molecule has 1 aliphatic rings. The van der Waals surface area contributed by atoms with E-state index in [1.807, 2.05) is 55.5 Å². The molecule has 0 aliphatic carbocycles. The number of fused-ring (bicyclic) bond motifs is 1. The maximum atomic E-state index is 11.9. The van der Waals surface area contributed by atoms with Crippen LogP contribution >= 0.6 is 0 Å². The first-order chi connectivity index (χ1) is 18.0. The highest BCUT2D eigenvalue weighted by molar-refractivity contribution is 5.91. The van der Waals surface area contributed by atoms with E-state index in [4.69, 9.17) is 0 Å². The number of H-pyrrole nitrogens is 1. The second-order valence-corrected chi connectivity index (χ2v) is 9.37. The van der Waals surface area contributed by atoms with Gasteiger partial charge in [0.25, 0.3) is 0 Å². The van der Waals surface area contributed by atoms with E-state index in [2.05, 4.69) is 29.8 Å². The van der Waals surface area contributed by atoms with Gasteiger partial charge in [0, 0.05) is 47.2 Å². The third-order valence-corrected chi connectivity index (χ3v) is 6.78. The lowest BCUT2D eigenvalue weighted by Crippen LogP contribution is -2.29. The van der Waals surface area contributed by atoms with Gasteiger partial charge in [-0.1, -0.05) is 12.1 Å². The summed E-state index contributed by atoms with van der Waals surface area (Å²) in [5.41, 5.74) is 7.51. The fraction of sp³-hybridized carbons (Fsp3) is 0.207. The maximum Gasteiger partial charge on any atom is 0.354 e. The summed E-state index contributed by atoms with van der Waals surface area (Å²) in [4.78, 5) is 35.6. The van der Waals surface area contributed by atoms with E-state index in [0.29, 0.717) is 5.69 Å². The van der Waals surface area contributed by atoms with Crippen LogP contribution in [0.1, 0.15) is 35.4 Å². The van der Waals surface area contributed by atoms with Gasteiger partial charge in [-0.2, -0.15) is 0 Å². The number of benzene rings is 1. The second kappa shape index (κ2) is 9.46. The highest BCUT2D eigenvalue weighted by atomic mass is 16.4. The smallest absolute Gasteiger partial charge is 0.354 e. The minimum absolute atomic E-state index is 0.0405. The second-order valence-electron chi connectivity index (χ2n) is 9.37. The minimum Gasteiger partial charge on any atom is -0.477 e. The lowest BCUT2D eigenvalue weighted by Gasteiger charge is -2.29. The van der Waals surface area contributed by atoms with Crippen LogP contribution in [0, 0.1) is 6.92 Å². The Morgan fingerprint density at radius 3 is 2.57 bits per heavy atom. The van der Waals surface area contributed by atoms with Crippen molar-refractivity contribution in [2.45, 2.75) is 26.2 Å². The predicted molar refractivity (Wildman–Crippen MR) is 144 cm³/mol. The van der Waals surface area contributed by atoms with E-state index in [1.165, 1.54) is 6.42 Å². The highest BCUT2D eigenvalue weighted by Gasteiger charge is 2.18. The number of carboxylic acid groups (broad SMARTS) is 1. The molecule has 8 heteroatoms. The molecule has 0 spiro atoms. The van der Waals surface area contributed by atoms with Crippen molar-refractivity contribution < 1.29 is 9.90 Å². The maximum absolute atomic E-state index is 11.9. The molecule has 0 saturated carbocycles. The fourth-order valence-corrected chi connectivity index (χ4v) is 4.92. The van der Waals surface area contributed by atoms with Crippen molar-refractivity contribution in [3.63, 3.8) is 0 Å². The fourth-order valence-electron chi connectivity index (χ4n) is 4.92. The van der Waals surface area contributed by atoms with E-state index in [-0.39, 0.29) is 5.69 Å². The molecular formula is C29H26N6O2. The van der Waals surface area contributed by atoms with Crippen molar-refractivity contribution in [3.05, 3.63) is 78.5 Å². The van der Waals surface area contributed by atoms with Crippen LogP contribution in [0.5, 0.6) is 0 Å². The van der Waals surface area contributed by atoms with Gasteiger partial charge >= 0.3 is 5.97 Å². The van der Waals surface area contributed by atoms with Crippen molar-refractivity contribution in [2.75, 3.05) is 18.0 Å². The number of hydrogen-bond acceptors (Lipinski definition) is 6. The third kappa shape index (κ3) is 4.53. The lowest BCUT2D eigenvalue weighted by atomic mass is 10.0. The van der Waals surface area contributed by atoms with Crippen LogP contribution in [0.3, 0.4) is 0 Å². The molecule has 0 amide bonds. The third-order valence-electron chi connectivity index (χ3n) is 6.78. The number of anilines is 1. The van der Waals surface area contributed by atoms with Gasteiger partial charge in [-0.25, -0.2) is 14.8 Å². The number of aromatic amines is 1. The minimum atomic E-state index is -1.04. The molecule has 8 nitrogen and oxygen atoms in total. The number of carboxylic acids is 1. The van der Waals surface area contributed by atoms with Crippen molar-refractivity contribution in [1.82, 2.24) is 24.9 Å². The van der Waals surface area contributed by atoms with E-state index in [1.54, 1.807) is 18.6 Å². The van der Waals surface area contributed by atoms with Gasteiger partial charge in [0.05, 0.1) is 34.6 Å². The predicted octanol–water partition coefficient (Wildman–Crippen LogP) is 5.75. The molecule has 0 atom stereocenters. The molecule has 37 heavy (non-hydrogen) atoms. The number of carbonyl (C=O) groups is 1. The lowest BCUT2D eigenvalue weighted by molar-refractivity contribution is 0.0690. The molecule has 1 saturated heterocycles. The van der Waals surface area contributed by atoms with Crippen LogP contribution < -0.4 is 4.90 Å². The molecule has 2 N–H and O–H groups in total. The Kier molecular flexibility index (Phi) is 5.84. The Bertz CT molecular complexity index is 1620. The molecule has 184 valence electrons. The molecular weight excluding hydrogens is 464 g/mol. The average molecular weight is 491 g/mol. The molecule has 0 unspecified atom stereocenters. The number of aromatic carboxylic acids is 1. The van der Waals surface area contributed by atoms with Crippen LogP contribution in [0.25, 0.3) is 44.8 Å². The van der Waals surface area contributed by atoms with Crippen LogP contribution in [0.2, 0.25) is 0 Å². The molecule has 0 radical (unpaired) electrons. The van der Waals surface area contributed by atoms with Crippen molar-refractivity contribution in [3.8, 4) is 33.9 Å². The van der Waals surface area contributed by atoms with Crippen LogP contribution in [-0.2, 0) is 0 Å². The molecule has 1 aromatic carbocycles. The van der Waals surface area contributed by atoms with Gasteiger partial charge in [-0.3, -0.25) is 9.97 Å². The van der Waals surface area contributed by atoms with E-state index >= 15 is 0 Å². The Balaban J connectivity index is 1.42. The molecule has 4 aromatic heterocycles. The quantitative estimate of drug-likeness (QED) is 0.323. The van der Waals surface area contributed by atoms with Crippen molar-refractivity contribution in [2.24, 2.45) is 0 Å². The zero-order valence-corrected chi connectivity index (χ0v) is 20.5. The van der Waals surface area contributed by atoms with Crippen LogP contribution in [0.15, 0.2) is 67.1 Å². The normalized spacial score (nSPS) is 13.7. The molecule has 1 fully saturated rings. The number of pyridine rings is 3. The summed E-state index contributed by atoms with van der Waals surface area (Å²) in [6.45, 7) is 3.81. The van der Waals surface area contributed by atoms with Gasteiger partial charge in [-0.05, 0) is 68.7 Å². The number of aromatic nitrogens is 5. The number of nitrogens with zero attached hydrogens (tertiary/aromatic N) is 5. The number of nitrogens with one attached hydrogen (secondary N) is 1. The Morgan fingerprint density at radius 2 is 1.76 bits per heavy atom. The van der Waals surface area contributed by atoms with E-state index in [0.717, 1.165) is 76.4 Å². The zero-order valence-electron chi connectivity index (χ0n) is 20.5. The SMILES string of the molecule is Cc1cccc(-c2[nH]cnc2-c2ccc3ncc(-c4cc(N5CCCCC5)cc(C(=O)O)n4)cc3c2)n1. The number of piperidine rings is 1. The molecule has 5 heterocycles. The average Bonchev–Trinajstić information content (AvgIpc) is 3.43. The largest absolute Gasteiger partial charge is 0.477 e. The monoisotopic (exact) mass is 490 g/mol. The van der Waals surface area contributed by atoms with E-state index in [9.17, 15) is 9.90 Å². The Hall–Kier alpha value is -4.59. The molecule has 1 aliphatic heterocycles. The standard InChI is InChI=1S/C29H26N6O2/c1-18-6-5-7-24(33-18)28-27(31-17-32-28)19-8-9-23-20(12-19)13-21(16-30-23)25-14-22(15-26(34-25)29(36)37)35-10-3-2-4-11-35/h5-9,12-17H,2-4,10-11H2,1H3,(H,31,32)(H,36,37). The topological polar surface area (TPSA) is 108 Å². The summed E-state index contributed by atoms with van der Waals surface area (Å²) in [6, 6.07) is 17.6. The molecule has 0 bridgehead atoms. The number of hydrogen-bond donors (Lipinski definition) is 2. The number of imidazole rings is 1. The van der Waals surface area contributed by atoms with Gasteiger partial charge in [0.1, 0.15) is 0 Å². The van der Waals surface area contributed by atoms with Gasteiger partial charge < -0.3 is 15.0 Å². The highest BCUT2D eigenvalue weighted by Crippen LogP contribution is 2.32. The van der Waals surface area contributed by atoms with Gasteiger partial charge in [0.2, 0.25) is 0 Å². The zero-order chi connectivity index (χ0) is 25.4. The summed E-state index contributed by atoms with van der Waals surface area (Å²) in [5.74, 6) is -1.04. The summed E-state index contributed by atoms with van der Waals surface area (Å²) >= 11 is 0. The first kappa shape index (κ1) is 22.8. The summed E-state index contributed by atoms with van der Waals surface area (Å²) in [6.07, 6.45) is 6.85. The summed E-state index contributed by atoms with van der Waals surface area (Å²) in [5, 5.41) is 10.6. The first-order valence-corrected chi connectivity index (χ1v) is 12.4. The molecule has 5 aromatic rings.